The predicted molar refractivity (Wildman–Crippen MR) is 127 cm³/mol. The van der Waals surface area contributed by atoms with Crippen molar-refractivity contribution in [3.05, 3.63) is 40.1 Å². The van der Waals surface area contributed by atoms with E-state index in [9.17, 15) is 18.0 Å². The number of aromatic nitrogens is 4. The molecule has 3 rings (SSSR count). The zero-order valence-corrected chi connectivity index (χ0v) is 21.1. The van der Waals surface area contributed by atoms with E-state index < -0.39 is 10.0 Å². The van der Waals surface area contributed by atoms with Crippen LogP contribution in [0.3, 0.4) is 0 Å². The Morgan fingerprint density at radius 2 is 1.91 bits per heavy atom. The molecule has 2 aromatic heterocycles. The zero-order chi connectivity index (χ0) is 25.2. The van der Waals surface area contributed by atoms with Gasteiger partial charge in [0, 0.05) is 27.6 Å². The van der Waals surface area contributed by atoms with Crippen LogP contribution in [0.25, 0.3) is 16.9 Å². The Morgan fingerprint density at radius 1 is 1.21 bits per heavy atom. The second-order valence-corrected chi connectivity index (χ2v) is 10.1. The van der Waals surface area contributed by atoms with Crippen LogP contribution in [0, 0.1) is 6.92 Å². The Balaban J connectivity index is 2.17. The van der Waals surface area contributed by atoms with Crippen LogP contribution in [0.5, 0.6) is 5.75 Å². The van der Waals surface area contributed by atoms with E-state index in [1.54, 1.807) is 27.9 Å². The maximum Gasteiger partial charge on any atom is 0.277 e. The summed E-state index contributed by atoms with van der Waals surface area (Å²) in [5.74, 6) is 0.809. The molecule has 0 saturated heterocycles. The Labute approximate surface area is 198 Å². The van der Waals surface area contributed by atoms with Gasteiger partial charge in [0.05, 0.1) is 29.3 Å². The lowest BCUT2D eigenvalue weighted by Crippen LogP contribution is -2.37. The molecule has 184 valence electrons. The first kappa shape index (κ1) is 25.4. The minimum atomic E-state index is -4.00. The van der Waals surface area contributed by atoms with Gasteiger partial charge in [-0.2, -0.15) is 4.31 Å². The molecule has 0 spiro atoms. The number of hydrogen-bond donors (Lipinski definition) is 1. The molecule has 2 heterocycles. The van der Waals surface area contributed by atoms with Gasteiger partial charge in [-0.3, -0.25) is 9.59 Å². The van der Waals surface area contributed by atoms with Crippen molar-refractivity contribution in [2.45, 2.75) is 38.5 Å². The summed E-state index contributed by atoms with van der Waals surface area (Å²) >= 11 is 0. The van der Waals surface area contributed by atoms with Crippen molar-refractivity contribution in [3.63, 3.8) is 0 Å². The number of nitrogens with one attached hydrogen (secondary N) is 1. The Hall–Kier alpha value is -3.25. The smallest absolute Gasteiger partial charge is 0.277 e. The van der Waals surface area contributed by atoms with Crippen molar-refractivity contribution < 1.29 is 17.9 Å². The number of imidazole rings is 1. The number of amides is 1. The van der Waals surface area contributed by atoms with Crippen LogP contribution in [0.1, 0.15) is 31.8 Å². The van der Waals surface area contributed by atoms with Crippen LogP contribution >= 0.6 is 0 Å². The normalized spacial score (nSPS) is 11.9. The number of sulfonamides is 1. The summed E-state index contributed by atoms with van der Waals surface area (Å²) in [5, 5.41) is 4.58. The number of aryl methyl sites for hydroxylation is 2. The molecular formula is C22H30N6O5S. The number of benzene rings is 1. The fourth-order valence-corrected chi connectivity index (χ4v) is 4.62. The fraction of sp³-hybridized carbons (Fsp3) is 0.455. The van der Waals surface area contributed by atoms with Crippen molar-refractivity contribution >= 4 is 21.4 Å². The minimum Gasteiger partial charge on any atom is -0.493 e. The van der Waals surface area contributed by atoms with Gasteiger partial charge in [0.25, 0.3) is 5.56 Å². The highest BCUT2D eigenvalue weighted by Crippen LogP contribution is 2.31. The number of nitrogens with zero attached hydrogens (tertiary/aromatic N) is 5. The van der Waals surface area contributed by atoms with Gasteiger partial charge >= 0.3 is 0 Å². The molecule has 0 unspecified atom stereocenters. The SMILES string of the molecule is CCCc1nc(C)c2c(=O)[nH]c(-c3cc(S(=O)(=O)N(C)CC(=O)N(C)C)ccc3OCC)nn12. The lowest BCUT2D eigenvalue weighted by atomic mass is 10.2. The van der Waals surface area contributed by atoms with Gasteiger partial charge in [0.2, 0.25) is 15.9 Å². The number of ether oxygens (including phenoxy) is 1. The van der Waals surface area contributed by atoms with E-state index in [1.807, 2.05) is 6.92 Å². The molecule has 1 amide bonds. The highest BCUT2D eigenvalue weighted by atomic mass is 32.2. The summed E-state index contributed by atoms with van der Waals surface area (Å²) in [6.45, 7) is 5.56. The Bertz CT molecular complexity index is 1380. The van der Waals surface area contributed by atoms with Crippen LogP contribution in [0.2, 0.25) is 0 Å². The van der Waals surface area contributed by atoms with Gasteiger partial charge in [0.1, 0.15) is 11.6 Å². The summed E-state index contributed by atoms with van der Waals surface area (Å²) in [4.78, 5) is 33.4. The first-order chi connectivity index (χ1) is 16.0. The molecule has 1 N–H and O–H groups in total. The highest BCUT2D eigenvalue weighted by molar-refractivity contribution is 7.89. The third-order valence-electron chi connectivity index (χ3n) is 5.29. The monoisotopic (exact) mass is 490 g/mol. The molecule has 0 bridgehead atoms. The molecule has 0 aliphatic heterocycles. The molecule has 0 aliphatic carbocycles. The molecule has 34 heavy (non-hydrogen) atoms. The Morgan fingerprint density at radius 3 is 2.53 bits per heavy atom. The fourth-order valence-electron chi connectivity index (χ4n) is 3.48. The predicted octanol–water partition coefficient (Wildman–Crippen LogP) is 1.45. The van der Waals surface area contributed by atoms with Crippen molar-refractivity contribution in [1.82, 2.24) is 28.8 Å². The second-order valence-electron chi connectivity index (χ2n) is 8.07. The van der Waals surface area contributed by atoms with E-state index in [1.165, 1.54) is 34.7 Å². The maximum absolute atomic E-state index is 13.2. The number of aromatic amines is 1. The number of H-pyrrole nitrogens is 1. The first-order valence-corrected chi connectivity index (χ1v) is 12.4. The van der Waals surface area contributed by atoms with Gasteiger partial charge in [-0.1, -0.05) is 6.92 Å². The number of likely N-dealkylation sites (N-methyl/N-ethyl adjacent to an activating group) is 2. The zero-order valence-electron chi connectivity index (χ0n) is 20.2. The lowest BCUT2D eigenvalue weighted by molar-refractivity contribution is -0.128. The molecular weight excluding hydrogens is 460 g/mol. The molecule has 0 fully saturated rings. The number of carbonyl (C=O) groups is 1. The summed E-state index contributed by atoms with van der Waals surface area (Å²) < 4.78 is 34.5. The molecule has 0 radical (unpaired) electrons. The highest BCUT2D eigenvalue weighted by Gasteiger charge is 2.26. The third kappa shape index (κ3) is 4.82. The van der Waals surface area contributed by atoms with E-state index in [4.69, 9.17) is 4.74 Å². The van der Waals surface area contributed by atoms with Crippen LogP contribution in [0.15, 0.2) is 27.9 Å². The topological polar surface area (TPSA) is 130 Å². The van der Waals surface area contributed by atoms with Crippen molar-refractivity contribution in [2.24, 2.45) is 0 Å². The van der Waals surface area contributed by atoms with E-state index in [0.29, 0.717) is 41.4 Å². The Kier molecular flexibility index (Phi) is 7.41. The van der Waals surface area contributed by atoms with E-state index >= 15 is 0 Å². The van der Waals surface area contributed by atoms with Gasteiger partial charge < -0.3 is 14.6 Å². The van der Waals surface area contributed by atoms with Gasteiger partial charge in [-0.15, -0.1) is 5.10 Å². The molecule has 1 aromatic carbocycles. The maximum atomic E-state index is 13.2. The molecule has 3 aromatic rings. The summed E-state index contributed by atoms with van der Waals surface area (Å²) in [5.41, 5.74) is 0.831. The number of rotatable bonds is 9. The third-order valence-corrected chi connectivity index (χ3v) is 7.09. The summed E-state index contributed by atoms with van der Waals surface area (Å²) in [6, 6.07) is 4.31. The minimum absolute atomic E-state index is 0.0571. The van der Waals surface area contributed by atoms with Crippen molar-refractivity contribution in [2.75, 3.05) is 34.3 Å². The quantitative estimate of drug-likeness (QED) is 0.480. The number of hydrogen-bond acceptors (Lipinski definition) is 7. The second kappa shape index (κ2) is 9.94. The lowest BCUT2D eigenvalue weighted by Gasteiger charge is -2.20. The van der Waals surface area contributed by atoms with Crippen LogP contribution in [0.4, 0.5) is 0 Å². The van der Waals surface area contributed by atoms with Gasteiger partial charge in [-0.05, 0) is 38.5 Å². The van der Waals surface area contributed by atoms with Crippen molar-refractivity contribution in [1.29, 1.82) is 0 Å². The molecule has 0 atom stereocenters. The van der Waals surface area contributed by atoms with Crippen LogP contribution < -0.4 is 10.3 Å². The summed E-state index contributed by atoms with van der Waals surface area (Å²) in [7, 11) is 0.446. The average Bonchev–Trinajstić information content (AvgIpc) is 3.09. The van der Waals surface area contributed by atoms with Crippen LogP contribution in [-0.4, -0.2) is 77.4 Å². The number of fused-ring (bicyclic) bond motifs is 1. The molecule has 12 heteroatoms. The van der Waals surface area contributed by atoms with E-state index in [2.05, 4.69) is 15.1 Å². The molecule has 0 saturated carbocycles. The summed E-state index contributed by atoms with van der Waals surface area (Å²) in [6.07, 6.45) is 1.45. The van der Waals surface area contributed by atoms with E-state index in [0.717, 1.165) is 10.7 Å². The molecule has 11 nitrogen and oxygen atoms in total. The largest absolute Gasteiger partial charge is 0.493 e. The van der Waals surface area contributed by atoms with Gasteiger partial charge in [0.15, 0.2) is 11.3 Å². The number of carbonyl (C=O) groups excluding carboxylic acids is 1. The average molecular weight is 491 g/mol. The van der Waals surface area contributed by atoms with Crippen LogP contribution in [-0.2, 0) is 21.2 Å². The molecule has 0 aliphatic rings. The standard InChI is InChI=1S/C22H30N6O5S/c1-7-9-18-23-14(3)20-22(30)24-21(25-28(18)20)16-12-15(10-11-17(16)33-8-2)34(31,32)27(6)13-19(29)26(4)5/h10-12H,7-9,13H2,1-6H3,(H,24,25,30). The first-order valence-electron chi connectivity index (χ1n) is 10.9. The van der Waals surface area contributed by atoms with E-state index in [-0.39, 0.29) is 28.7 Å². The van der Waals surface area contributed by atoms with Gasteiger partial charge in [-0.25, -0.2) is 17.9 Å². The van der Waals surface area contributed by atoms with Crippen molar-refractivity contribution in [3.8, 4) is 17.1 Å².